The third-order valence-electron chi connectivity index (χ3n) is 5.74. The number of anilines is 2. The van der Waals surface area contributed by atoms with Gasteiger partial charge in [0.1, 0.15) is 18.0 Å². The average Bonchev–Trinajstić information content (AvgIpc) is 3.23. The second kappa shape index (κ2) is 6.29. The number of aromatic nitrogens is 4. The first-order valence-electron chi connectivity index (χ1n) is 9.15. The molecule has 2 fully saturated rings. The molecule has 7 heteroatoms. The van der Waals surface area contributed by atoms with Crippen molar-refractivity contribution in [1.82, 2.24) is 19.7 Å². The van der Waals surface area contributed by atoms with Crippen molar-refractivity contribution in [3.05, 3.63) is 24.2 Å². The number of nitrogens with one attached hydrogen (secondary N) is 1. The van der Waals surface area contributed by atoms with Crippen molar-refractivity contribution < 1.29 is 4.74 Å². The summed E-state index contributed by atoms with van der Waals surface area (Å²) in [5.74, 6) is 2.09. The van der Waals surface area contributed by atoms with Crippen LogP contribution in [0.25, 0.3) is 5.82 Å². The lowest BCUT2D eigenvalue weighted by molar-refractivity contribution is -0.114. The van der Waals surface area contributed by atoms with Gasteiger partial charge in [0.15, 0.2) is 5.82 Å². The number of nitrogens with two attached hydrogens (primary N) is 1. The summed E-state index contributed by atoms with van der Waals surface area (Å²) >= 11 is 0. The first-order chi connectivity index (χ1) is 12.1. The van der Waals surface area contributed by atoms with E-state index in [1.54, 1.807) is 11.0 Å². The van der Waals surface area contributed by atoms with Gasteiger partial charge in [-0.05, 0) is 33.1 Å². The normalized spacial score (nSPS) is 24.4. The van der Waals surface area contributed by atoms with Crippen LogP contribution in [0, 0.1) is 12.3 Å². The summed E-state index contributed by atoms with van der Waals surface area (Å²) in [6.45, 7) is 4.78. The van der Waals surface area contributed by atoms with Crippen molar-refractivity contribution >= 4 is 11.6 Å². The Bertz CT molecular complexity index is 752. The van der Waals surface area contributed by atoms with Crippen molar-refractivity contribution in [2.24, 2.45) is 5.41 Å². The maximum Gasteiger partial charge on any atom is 0.161 e. The molecule has 2 aromatic heterocycles. The Hall–Kier alpha value is -2.15. The van der Waals surface area contributed by atoms with Gasteiger partial charge in [-0.3, -0.25) is 0 Å². The standard InChI is InChI=1S/C18H26N6O/c1-3-25-14-9-13(18(14)6-4-5-7-18)22-16-10-17(21-11-20-16)24-15(19)8-12(2)23-24/h8,10-11,13-14H,3-7,9,19H2,1-2H3,(H,20,21,22). The maximum absolute atomic E-state index is 6.01. The van der Waals surface area contributed by atoms with Crippen LogP contribution >= 0.6 is 0 Å². The predicted octanol–water partition coefficient (Wildman–Crippen LogP) is 2.70. The Morgan fingerprint density at radius 1 is 1.32 bits per heavy atom. The molecule has 134 valence electrons. The minimum absolute atomic E-state index is 0.266. The highest BCUT2D eigenvalue weighted by Crippen LogP contribution is 2.55. The zero-order valence-corrected chi connectivity index (χ0v) is 14.9. The molecule has 2 aliphatic rings. The summed E-state index contributed by atoms with van der Waals surface area (Å²) in [6, 6.07) is 4.16. The Labute approximate surface area is 148 Å². The van der Waals surface area contributed by atoms with Crippen LogP contribution in [0.15, 0.2) is 18.5 Å². The molecule has 2 atom stereocenters. The number of rotatable bonds is 5. The van der Waals surface area contributed by atoms with Crippen LogP contribution in [-0.4, -0.2) is 38.5 Å². The van der Waals surface area contributed by atoms with E-state index in [4.69, 9.17) is 10.5 Å². The molecule has 2 saturated carbocycles. The molecule has 0 aromatic carbocycles. The molecular weight excluding hydrogens is 316 g/mol. The van der Waals surface area contributed by atoms with E-state index >= 15 is 0 Å². The quantitative estimate of drug-likeness (QED) is 0.868. The van der Waals surface area contributed by atoms with Gasteiger partial charge in [0, 0.05) is 30.2 Å². The molecule has 2 unspecified atom stereocenters. The van der Waals surface area contributed by atoms with E-state index < -0.39 is 0 Å². The molecule has 0 bridgehead atoms. The zero-order chi connectivity index (χ0) is 17.4. The second-order valence-corrected chi connectivity index (χ2v) is 7.20. The molecule has 7 nitrogen and oxygen atoms in total. The second-order valence-electron chi connectivity index (χ2n) is 7.20. The smallest absolute Gasteiger partial charge is 0.161 e. The molecule has 0 aliphatic heterocycles. The van der Waals surface area contributed by atoms with E-state index in [0.717, 1.165) is 24.5 Å². The molecule has 1 spiro atoms. The SMILES string of the molecule is CCOC1CC(Nc2cc(-n3nc(C)cc3N)ncn2)C12CCCC2. The summed E-state index contributed by atoms with van der Waals surface area (Å²) in [7, 11) is 0. The Morgan fingerprint density at radius 2 is 2.12 bits per heavy atom. The van der Waals surface area contributed by atoms with Crippen molar-refractivity contribution in [1.29, 1.82) is 0 Å². The molecule has 25 heavy (non-hydrogen) atoms. The van der Waals surface area contributed by atoms with Crippen LogP contribution in [-0.2, 0) is 4.74 Å². The van der Waals surface area contributed by atoms with Gasteiger partial charge in [-0.15, -0.1) is 0 Å². The van der Waals surface area contributed by atoms with Gasteiger partial charge in [0.25, 0.3) is 0 Å². The zero-order valence-electron chi connectivity index (χ0n) is 14.9. The van der Waals surface area contributed by atoms with E-state index in [1.807, 2.05) is 19.1 Å². The number of ether oxygens (including phenoxy) is 1. The number of aryl methyl sites for hydroxylation is 1. The monoisotopic (exact) mass is 342 g/mol. The van der Waals surface area contributed by atoms with Gasteiger partial charge in [-0.25, -0.2) is 9.97 Å². The van der Waals surface area contributed by atoms with Crippen molar-refractivity contribution in [3.63, 3.8) is 0 Å². The van der Waals surface area contributed by atoms with Gasteiger partial charge in [0.05, 0.1) is 11.8 Å². The predicted molar refractivity (Wildman–Crippen MR) is 96.6 cm³/mol. The third kappa shape index (κ3) is 2.76. The summed E-state index contributed by atoms with van der Waals surface area (Å²) in [6.07, 6.45) is 8.03. The lowest BCUT2D eigenvalue weighted by Gasteiger charge is -2.54. The largest absolute Gasteiger partial charge is 0.384 e. The lowest BCUT2D eigenvalue weighted by atomic mass is 9.60. The average molecular weight is 342 g/mol. The third-order valence-corrected chi connectivity index (χ3v) is 5.74. The summed E-state index contributed by atoms with van der Waals surface area (Å²) in [5, 5.41) is 8.02. The molecule has 4 rings (SSSR count). The van der Waals surface area contributed by atoms with E-state index in [1.165, 1.54) is 25.7 Å². The fraction of sp³-hybridized carbons (Fsp3) is 0.611. The fourth-order valence-corrected chi connectivity index (χ4v) is 4.51. The van der Waals surface area contributed by atoms with Crippen molar-refractivity contribution in [2.75, 3.05) is 17.7 Å². The Balaban J connectivity index is 1.54. The number of nitrogen functional groups attached to an aromatic ring is 1. The molecule has 2 aromatic rings. The van der Waals surface area contributed by atoms with Crippen molar-refractivity contribution in [2.45, 2.75) is 58.1 Å². The molecule has 0 amide bonds. The van der Waals surface area contributed by atoms with E-state index in [-0.39, 0.29) is 5.41 Å². The molecular formula is C18H26N6O. The minimum Gasteiger partial charge on any atom is -0.384 e. The molecule has 0 radical (unpaired) electrons. The highest BCUT2D eigenvalue weighted by molar-refractivity contribution is 5.46. The highest BCUT2D eigenvalue weighted by atomic mass is 16.5. The Morgan fingerprint density at radius 3 is 2.80 bits per heavy atom. The Kier molecular flexibility index (Phi) is 4.11. The van der Waals surface area contributed by atoms with Gasteiger partial charge in [-0.1, -0.05) is 12.8 Å². The van der Waals surface area contributed by atoms with Crippen LogP contribution < -0.4 is 11.1 Å². The summed E-state index contributed by atoms with van der Waals surface area (Å²) in [5.41, 5.74) is 7.15. The molecule has 2 heterocycles. The van der Waals surface area contributed by atoms with E-state index in [2.05, 4.69) is 27.3 Å². The van der Waals surface area contributed by atoms with Crippen LogP contribution in [0.4, 0.5) is 11.6 Å². The van der Waals surface area contributed by atoms with Crippen LogP contribution in [0.3, 0.4) is 0 Å². The van der Waals surface area contributed by atoms with Gasteiger partial charge < -0.3 is 15.8 Å². The topological polar surface area (TPSA) is 90.9 Å². The summed E-state index contributed by atoms with van der Waals surface area (Å²) in [4.78, 5) is 8.72. The van der Waals surface area contributed by atoms with Crippen LogP contribution in [0.1, 0.15) is 44.7 Å². The maximum atomic E-state index is 6.01. The summed E-state index contributed by atoms with van der Waals surface area (Å²) < 4.78 is 7.64. The van der Waals surface area contributed by atoms with Crippen molar-refractivity contribution in [3.8, 4) is 5.82 Å². The fourth-order valence-electron chi connectivity index (χ4n) is 4.51. The first kappa shape index (κ1) is 16.3. The van der Waals surface area contributed by atoms with E-state index in [0.29, 0.717) is 23.8 Å². The molecule has 2 aliphatic carbocycles. The highest BCUT2D eigenvalue weighted by Gasteiger charge is 2.56. The molecule has 0 saturated heterocycles. The van der Waals surface area contributed by atoms with Gasteiger partial charge >= 0.3 is 0 Å². The van der Waals surface area contributed by atoms with E-state index in [9.17, 15) is 0 Å². The van der Waals surface area contributed by atoms with Crippen LogP contribution in [0.5, 0.6) is 0 Å². The van der Waals surface area contributed by atoms with Crippen LogP contribution in [0.2, 0.25) is 0 Å². The lowest BCUT2D eigenvalue weighted by Crippen LogP contribution is -2.60. The van der Waals surface area contributed by atoms with Gasteiger partial charge in [0.2, 0.25) is 0 Å². The minimum atomic E-state index is 0.266. The number of hydrogen-bond donors (Lipinski definition) is 2. The molecule has 3 N–H and O–H groups in total. The van der Waals surface area contributed by atoms with Gasteiger partial charge in [-0.2, -0.15) is 9.78 Å². The number of hydrogen-bond acceptors (Lipinski definition) is 6. The first-order valence-corrected chi connectivity index (χ1v) is 9.15. The number of nitrogens with zero attached hydrogens (tertiary/aromatic N) is 4.